The summed E-state index contributed by atoms with van der Waals surface area (Å²) in [6, 6.07) is 3.88. The van der Waals surface area contributed by atoms with Gasteiger partial charge in [0, 0.05) is 26.0 Å². The highest BCUT2D eigenvalue weighted by molar-refractivity contribution is 5.92. The molecule has 0 aromatic carbocycles. The van der Waals surface area contributed by atoms with Crippen molar-refractivity contribution in [1.82, 2.24) is 14.3 Å². The molecule has 0 aliphatic rings. The van der Waals surface area contributed by atoms with E-state index in [0.717, 1.165) is 11.2 Å². The first kappa shape index (κ1) is 11.6. The van der Waals surface area contributed by atoms with Crippen LogP contribution in [0.15, 0.2) is 24.5 Å². The maximum Gasteiger partial charge on any atom is 0.273 e. The van der Waals surface area contributed by atoms with Crippen molar-refractivity contribution >= 4 is 11.6 Å². The number of likely N-dealkylation sites (N-methyl/N-ethyl adjacent to an activating group) is 1. The fraction of sp³-hybridized carbons (Fsp3) is 0.333. The van der Waals surface area contributed by atoms with E-state index >= 15 is 0 Å². The molecule has 1 amide bonds. The minimum atomic E-state index is -0.180. The Morgan fingerprint density at radius 3 is 3.06 bits per heavy atom. The van der Waals surface area contributed by atoms with Crippen LogP contribution in [0.25, 0.3) is 5.65 Å². The second-order valence-corrected chi connectivity index (χ2v) is 4.05. The predicted octanol–water partition coefficient (Wildman–Crippen LogP) is 0.707. The standard InChI is InChI=1S/C12H15N3O2/c1-9-3-4-15-8-10(13-11(15)7-9)12(17)14(2)5-6-16/h3-4,7-8,16H,5-6H2,1-2H3. The Bertz CT molecular complexity index is 548. The molecule has 17 heavy (non-hydrogen) atoms. The topological polar surface area (TPSA) is 57.8 Å². The van der Waals surface area contributed by atoms with Crippen molar-refractivity contribution in [2.45, 2.75) is 6.92 Å². The van der Waals surface area contributed by atoms with Gasteiger partial charge in [-0.05, 0) is 24.6 Å². The molecule has 0 spiro atoms. The third kappa shape index (κ3) is 2.29. The molecule has 2 rings (SSSR count). The molecule has 0 saturated heterocycles. The number of aliphatic hydroxyl groups excluding tert-OH is 1. The molecule has 2 aromatic rings. The Kier molecular flexibility index (Phi) is 3.10. The number of hydrogen-bond acceptors (Lipinski definition) is 3. The van der Waals surface area contributed by atoms with Gasteiger partial charge < -0.3 is 14.4 Å². The van der Waals surface area contributed by atoms with E-state index in [2.05, 4.69) is 4.98 Å². The lowest BCUT2D eigenvalue weighted by Crippen LogP contribution is -2.29. The molecule has 0 aliphatic carbocycles. The van der Waals surface area contributed by atoms with E-state index in [1.54, 1.807) is 13.2 Å². The summed E-state index contributed by atoms with van der Waals surface area (Å²) in [5.74, 6) is -0.180. The lowest BCUT2D eigenvalue weighted by molar-refractivity contribution is 0.0762. The zero-order chi connectivity index (χ0) is 12.4. The molecule has 0 unspecified atom stereocenters. The first-order chi connectivity index (χ1) is 8.11. The molecule has 0 fully saturated rings. The third-order valence-electron chi connectivity index (χ3n) is 2.62. The van der Waals surface area contributed by atoms with Crippen LogP contribution < -0.4 is 0 Å². The summed E-state index contributed by atoms with van der Waals surface area (Å²) < 4.78 is 1.81. The van der Waals surface area contributed by atoms with E-state index in [0.29, 0.717) is 12.2 Å². The van der Waals surface area contributed by atoms with Crippen LogP contribution in [0.5, 0.6) is 0 Å². The van der Waals surface area contributed by atoms with Crippen molar-refractivity contribution in [3.63, 3.8) is 0 Å². The molecule has 2 heterocycles. The fourth-order valence-corrected chi connectivity index (χ4v) is 1.63. The highest BCUT2D eigenvalue weighted by atomic mass is 16.3. The van der Waals surface area contributed by atoms with Crippen molar-refractivity contribution in [3.8, 4) is 0 Å². The van der Waals surface area contributed by atoms with Crippen molar-refractivity contribution in [2.75, 3.05) is 20.2 Å². The summed E-state index contributed by atoms with van der Waals surface area (Å²) in [4.78, 5) is 17.6. The molecule has 1 N–H and O–H groups in total. The SMILES string of the molecule is Cc1ccn2cc(C(=O)N(C)CCO)nc2c1. The lowest BCUT2D eigenvalue weighted by atomic mass is 10.3. The van der Waals surface area contributed by atoms with Gasteiger partial charge in [-0.15, -0.1) is 0 Å². The number of carbonyl (C=O) groups excluding carboxylic acids is 1. The van der Waals surface area contributed by atoms with Gasteiger partial charge in [-0.1, -0.05) is 0 Å². The average molecular weight is 233 g/mol. The van der Waals surface area contributed by atoms with Crippen molar-refractivity contribution in [3.05, 3.63) is 35.8 Å². The molecule has 2 aromatic heterocycles. The fourth-order valence-electron chi connectivity index (χ4n) is 1.63. The van der Waals surface area contributed by atoms with Gasteiger partial charge in [-0.2, -0.15) is 0 Å². The largest absolute Gasteiger partial charge is 0.395 e. The van der Waals surface area contributed by atoms with E-state index < -0.39 is 0 Å². The van der Waals surface area contributed by atoms with E-state index in [9.17, 15) is 4.79 Å². The number of aliphatic hydroxyl groups is 1. The van der Waals surface area contributed by atoms with Gasteiger partial charge in [0.15, 0.2) is 0 Å². The van der Waals surface area contributed by atoms with Gasteiger partial charge in [0.25, 0.3) is 5.91 Å². The average Bonchev–Trinajstić information content (AvgIpc) is 2.71. The number of imidazole rings is 1. The number of amides is 1. The number of aromatic nitrogens is 2. The molecule has 0 bridgehead atoms. The zero-order valence-electron chi connectivity index (χ0n) is 9.92. The Morgan fingerprint density at radius 1 is 1.59 bits per heavy atom. The maximum absolute atomic E-state index is 11.9. The van der Waals surface area contributed by atoms with Gasteiger partial charge in [-0.3, -0.25) is 4.79 Å². The Morgan fingerprint density at radius 2 is 2.35 bits per heavy atom. The summed E-state index contributed by atoms with van der Waals surface area (Å²) in [5, 5.41) is 8.79. The molecule has 90 valence electrons. The molecule has 5 nitrogen and oxygen atoms in total. The second kappa shape index (κ2) is 4.55. The normalized spacial score (nSPS) is 10.8. The van der Waals surface area contributed by atoms with Gasteiger partial charge in [-0.25, -0.2) is 4.98 Å². The van der Waals surface area contributed by atoms with Crippen molar-refractivity contribution < 1.29 is 9.90 Å². The van der Waals surface area contributed by atoms with E-state index in [4.69, 9.17) is 5.11 Å². The monoisotopic (exact) mass is 233 g/mol. The van der Waals surface area contributed by atoms with Crippen LogP contribution in [0.3, 0.4) is 0 Å². The summed E-state index contributed by atoms with van der Waals surface area (Å²) >= 11 is 0. The third-order valence-corrected chi connectivity index (χ3v) is 2.62. The number of fused-ring (bicyclic) bond motifs is 1. The van der Waals surface area contributed by atoms with Gasteiger partial charge >= 0.3 is 0 Å². The minimum Gasteiger partial charge on any atom is -0.395 e. The predicted molar refractivity (Wildman–Crippen MR) is 64.0 cm³/mol. The lowest BCUT2D eigenvalue weighted by Gasteiger charge is -2.13. The Hall–Kier alpha value is -1.88. The zero-order valence-corrected chi connectivity index (χ0v) is 9.92. The molecule has 5 heteroatoms. The van der Waals surface area contributed by atoms with Crippen LogP contribution in [0.2, 0.25) is 0 Å². The highest BCUT2D eigenvalue weighted by Crippen LogP contribution is 2.09. The molecule has 0 radical (unpaired) electrons. The summed E-state index contributed by atoms with van der Waals surface area (Å²) in [6.07, 6.45) is 3.57. The molecular weight excluding hydrogens is 218 g/mol. The van der Waals surface area contributed by atoms with Crippen LogP contribution in [-0.4, -0.2) is 45.5 Å². The smallest absolute Gasteiger partial charge is 0.273 e. The summed E-state index contributed by atoms with van der Waals surface area (Å²) in [6.45, 7) is 2.24. The number of pyridine rings is 1. The number of hydrogen-bond donors (Lipinski definition) is 1. The first-order valence-electron chi connectivity index (χ1n) is 5.43. The number of carbonyl (C=O) groups is 1. The first-order valence-corrected chi connectivity index (χ1v) is 5.43. The van der Waals surface area contributed by atoms with Crippen molar-refractivity contribution in [2.24, 2.45) is 0 Å². The Labute approximate surface area is 99.3 Å². The Balaban J connectivity index is 2.33. The summed E-state index contributed by atoms with van der Waals surface area (Å²) in [5.41, 5.74) is 2.25. The number of aryl methyl sites for hydroxylation is 1. The van der Waals surface area contributed by atoms with Gasteiger partial charge in [0.1, 0.15) is 11.3 Å². The molecule has 0 aliphatic heterocycles. The van der Waals surface area contributed by atoms with Crippen LogP contribution >= 0.6 is 0 Å². The van der Waals surface area contributed by atoms with Crippen LogP contribution in [0, 0.1) is 6.92 Å². The molecular formula is C12H15N3O2. The maximum atomic E-state index is 11.9. The van der Waals surface area contributed by atoms with Gasteiger partial charge in [0.05, 0.1) is 6.61 Å². The van der Waals surface area contributed by atoms with Crippen molar-refractivity contribution in [1.29, 1.82) is 0 Å². The van der Waals surface area contributed by atoms with E-state index in [-0.39, 0.29) is 12.5 Å². The number of rotatable bonds is 3. The summed E-state index contributed by atoms with van der Waals surface area (Å²) in [7, 11) is 1.65. The second-order valence-electron chi connectivity index (χ2n) is 4.05. The van der Waals surface area contributed by atoms with Crippen LogP contribution in [0.1, 0.15) is 16.1 Å². The van der Waals surface area contributed by atoms with E-state index in [1.807, 2.05) is 29.7 Å². The van der Waals surface area contributed by atoms with E-state index in [1.165, 1.54) is 4.90 Å². The highest BCUT2D eigenvalue weighted by Gasteiger charge is 2.14. The number of nitrogens with zero attached hydrogens (tertiary/aromatic N) is 3. The van der Waals surface area contributed by atoms with Crippen LogP contribution in [0.4, 0.5) is 0 Å². The quantitative estimate of drug-likeness (QED) is 0.849. The molecule has 0 atom stereocenters. The molecule has 0 saturated carbocycles. The van der Waals surface area contributed by atoms with Crippen LogP contribution in [-0.2, 0) is 0 Å². The minimum absolute atomic E-state index is 0.0469. The van der Waals surface area contributed by atoms with Gasteiger partial charge in [0.2, 0.25) is 0 Å².